The van der Waals surface area contributed by atoms with Gasteiger partial charge in [-0.2, -0.15) is 0 Å². The highest BCUT2D eigenvalue weighted by Gasteiger charge is 2.22. The van der Waals surface area contributed by atoms with Crippen molar-refractivity contribution in [2.75, 3.05) is 27.2 Å². The number of hydrogen-bond donors (Lipinski definition) is 1. The fourth-order valence-electron chi connectivity index (χ4n) is 1.61. The summed E-state index contributed by atoms with van der Waals surface area (Å²) in [5, 5.41) is 3.40. The van der Waals surface area contributed by atoms with Gasteiger partial charge in [0.2, 0.25) is 0 Å². The molecule has 0 fully saturated rings. The molecule has 114 valence electrons. The van der Waals surface area contributed by atoms with Crippen LogP contribution in [0, 0.1) is 6.92 Å². The molecule has 0 aromatic carbocycles. The molecule has 0 saturated carbocycles. The number of nitrogens with zero attached hydrogens (tertiary/aromatic N) is 2. The predicted molar refractivity (Wildman–Crippen MR) is 84.2 cm³/mol. The Balaban J connectivity index is 2.74. The second kappa shape index (κ2) is 7.60. The fraction of sp³-hybridized carbons (Fsp3) is 0.688. The Morgan fingerprint density at radius 2 is 2.05 bits per heavy atom. The molecule has 4 heteroatoms. The van der Waals surface area contributed by atoms with Gasteiger partial charge in [-0.25, -0.2) is 0 Å². The van der Waals surface area contributed by atoms with E-state index in [1.54, 1.807) is 0 Å². The molecule has 1 rings (SSSR count). The summed E-state index contributed by atoms with van der Waals surface area (Å²) in [6.45, 7) is 11.0. The van der Waals surface area contributed by atoms with Gasteiger partial charge in [-0.3, -0.25) is 4.98 Å². The molecule has 4 nitrogen and oxygen atoms in total. The Kier molecular flexibility index (Phi) is 6.43. The summed E-state index contributed by atoms with van der Waals surface area (Å²) in [5.74, 6) is 0.941. The average Bonchev–Trinajstić information content (AvgIpc) is 2.38. The van der Waals surface area contributed by atoms with Gasteiger partial charge in [-0.05, 0) is 47.8 Å². The van der Waals surface area contributed by atoms with E-state index in [2.05, 4.69) is 50.1 Å². The van der Waals surface area contributed by atoms with E-state index in [1.807, 2.05) is 19.2 Å². The Morgan fingerprint density at radius 3 is 2.65 bits per heavy atom. The predicted octanol–water partition coefficient (Wildman–Crippen LogP) is 2.61. The van der Waals surface area contributed by atoms with E-state index in [9.17, 15) is 0 Å². The summed E-state index contributed by atoms with van der Waals surface area (Å²) in [5.41, 5.74) is 2.12. The molecule has 0 atom stereocenters. The van der Waals surface area contributed by atoms with Gasteiger partial charge in [0.25, 0.3) is 0 Å². The summed E-state index contributed by atoms with van der Waals surface area (Å²) in [4.78, 5) is 6.54. The molecule has 0 saturated heterocycles. The minimum atomic E-state index is 0.00525. The van der Waals surface area contributed by atoms with Crippen molar-refractivity contribution in [3.05, 3.63) is 23.5 Å². The van der Waals surface area contributed by atoms with Crippen molar-refractivity contribution >= 4 is 0 Å². The van der Waals surface area contributed by atoms with Crippen LogP contribution in [0.5, 0.6) is 5.75 Å². The molecular formula is C16H29N3O. The first-order chi connectivity index (χ1) is 9.36. The summed E-state index contributed by atoms with van der Waals surface area (Å²) < 4.78 is 6.05. The van der Waals surface area contributed by atoms with E-state index in [0.29, 0.717) is 6.61 Å². The van der Waals surface area contributed by atoms with Crippen LogP contribution >= 0.6 is 0 Å². The van der Waals surface area contributed by atoms with Gasteiger partial charge in [0.05, 0.1) is 0 Å². The number of likely N-dealkylation sites (N-methyl/N-ethyl adjacent to an activating group) is 1. The highest BCUT2D eigenvalue weighted by Crippen LogP contribution is 2.21. The molecule has 1 aromatic rings. The van der Waals surface area contributed by atoms with Crippen molar-refractivity contribution in [3.8, 4) is 5.75 Å². The highest BCUT2D eigenvalue weighted by molar-refractivity contribution is 5.33. The van der Waals surface area contributed by atoms with Gasteiger partial charge < -0.3 is 15.0 Å². The zero-order chi connectivity index (χ0) is 15.2. The third-order valence-corrected chi connectivity index (χ3v) is 3.61. The molecule has 20 heavy (non-hydrogen) atoms. The molecule has 0 aliphatic carbocycles. The lowest BCUT2D eigenvalue weighted by molar-refractivity contribution is 0.113. The minimum Gasteiger partial charge on any atom is -0.491 e. The Morgan fingerprint density at radius 1 is 1.35 bits per heavy atom. The number of nitrogens with one attached hydrogen (secondary N) is 1. The van der Waals surface area contributed by atoms with Crippen LogP contribution in [0.15, 0.2) is 12.3 Å². The summed E-state index contributed by atoms with van der Waals surface area (Å²) in [7, 11) is 4.15. The molecule has 0 bridgehead atoms. The van der Waals surface area contributed by atoms with Crippen LogP contribution in [0.1, 0.15) is 38.4 Å². The van der Waals surface area contributed by atoms with Crippen LogP contribution in [-0.2, 0) is 6.54 Å². The molecule has 0 amide bonds. The Labute approximate surface area is 123 Å². The van der Waals surface area contributed by atoms with Crippen LogP contribution in [-0.4, -0.2) is 42.7 Å². The van der Waals surface area contributed by atoms with Gasteiger partial charge in [0.15, 0.2) is 0 Å². The normalized spacial score (nSPS) is 11.9. The third-order valence-electron chi connectivity index (χ3n) is 3.61. The average molecular weight is 279 g/mol. The summed E-state index contributed by atoms with van der Waals surface area (Å²) in [6.07, 6.45) is 3.04. The van der Waals surface area contributed by atoms with E-state index in [1.165, 1.54) is 0 Å². The zero-order valence-electron chi connectivity index (χ0n) is 13.8. The van der Waals surface area contributed by atoms with E-state index in [-0.39, 0.29) is 5.54 Å². The van der Waals surface area contributed by atoms with Crippen molar-refractivity contribution in [2.45, 2.75) is 46.2 Å². The van der Waals surface area contributed by atoms with Crippen molar-refractivity contribution in [3.63, 3.8) is 0 Å². The monoisotopic (exact) mass is 279 g/mol. The lowest BCUT2D eigenvalue weighted by Gasteiger charge is -2.32. The lowest BCUT2D eigenvalue weighted by Crippen LogP contribution is -2.43. The first-order valence-corrected chi connectivity index (χ1v) is 7.33. The number of rotatable bonds is 8. The van der Waals surface area contributed by atoms with Crippen LogP contribution in [0.4, 0.5) is 0 Å². The van der Waals surface area contributed by atoms with Crippen molar-refractivity contribution in [1.29, 1.82) is 0 Å². The second-order valence-electron chi connectivity index (χ2n) is 6.11. The van der Waals surface area contributed by atoms with Gasteiger partial charge in [0.1, 0.15) is 12.4 Å². The van der Waals surface area contributed by atoms with Crippen molar-refractivity contribution < 1.29 is 4.74 Å². The standard InChI is InChI=1S/C16H29N3O/c1-7-8-17-10-14-11-18-13(2)9-15(14)20-12-16(3,4)19(5)6/h9,11,17H,7-8,10,12H2,1-6H3. The first-order valence-electron chi connectivity index (χ1n) is 7.33. The maximum absolute atomic E-state index is 6.05. The minimum absolute atomic E-state index is 0.00525. The largest absolute Gasteiger partial charge is 0.491 e. The molecule has 1 N–H and O–H groups in total. The van der Waals surface area contributed by atoms with Crippen LogP contribution in [0.2, 0.25) is 0 Å². The van der Waals surface area contributed by atoms with Crippen LogP contribution in [0.25, 0.3) is 0 Å². The summed E-state index contributed by atoms with van der Waals surface area (Å²) in [6, 6.07) is 2.02. The van der Waals surface area contributed by atoms with E-state index in [4.69, 9.17) is 4.74 Å². The summed E-state index contributed by atoms with van der Waals surface area (Å²) >= 11 is 0. The zero-order valence-corrected chi connectivity index (χ0v) is 13.8. The smallest absolute Gasteiger partial charge is 0.127 e. The molecule has 1 heterocycles. The number of aromatic nitrogens is 1. The van der Waals surface area contributed by atoms with E-state index in [0.717, 1.165) is 36.5 Å². The molecule has 1 aromatic heterocycles. The third kappa shape index (κ3) is 5.10. The Bertz CT molecular complexity index is 416. The Hall–Kier alpha value is -1.13. The topological polar surface area (TPSA) is 37.4 Å². The molecule has 0 aliphatic rings. The number of aryl methyl sites for hydroxylation is 1. The molecule has 0 unspecified atom stereocenters. The molecule has 0 aliphatic heterocycles. The first kappa shape index (κ1) is 16.9. The maximum Gasteiger partial charge on any atom is 0.127 e. The lowest BCUT2D eigenvalue weighted by atomic mass is 10.1. The van der Waals surface area contributed by atoms with Gasteiger partial charge in [0, 0.05) is 35.6 Å². The molecule has 0 spiro atoms. The SMILES string of the molecule is CCCNCc1cnc(C)cc1OCC(C)(C)N(C)C. The molecular weight excluding hydrogens is 250 g/mol. The van der Waals surface area contributed by atoms with Gasteiger partial charge in [-0.1, -0.05) is 6.92 Å². The van der Waals surface area contributed by atoms with Crippen molar-refractivity contribution in [1.82, 2.24) is 15.2 Å². The van der Waals surface area contributed by atoms with Gasteiger partial charge >= 0.3 is 0 Å². The van der Waals surface area contributed by atoms with Crippen molar-refractivity contribution in [2.24, 2.45) is 0 Å². The number of ether oxygens (including phenoxy) is 1. The van der Waals surface area contributed by atoms with E-state index >= 15 is 0 Å². The fourth-order valence-corrected chi connectivity index (χ4v) is 1.61. The quantitative estimate of drug-likeness (QED) is 0.742. The highest BCUT2D eigenvalue weighted by atomic mass is 16.5. The van der Waals surface area contributed by atoms with Crippen LogP contribution < -0.4 is 10.1 Å². The van der Waals surface area contributed by atoms with Crippen LogP contribution in [0.3, 0.4) is 0 Å². The van der Waals surface area contributed by atoms with Gasteiger partial charge in [-0.15, -0.1) is 0 Å². The molecule has 0 radical (unpaired) electrons. The number of pyridine rings is 1. The second-order valence-corrected chi connectivity index (χ2v) is 6.11. The number of hydrogen-bond acceptors (Lipinski definition) is 4. The maximum atomic E-state index is 6.05. The van der Waals surface area contributed by atoms with E-state index < -0.39 is 0 Å².